The third-order valence-electron chi connectivity index (χ3n) is 1.55. The normalized spacial score (nSPS) is 9.92. The highest BCUT2D eigenvalue weighted by molar-refractivity contribution is 6.33. The SMILES string of the molecule is C#C[C](C)c1cc(Cl)ccc1Cl. The van der Waals surface area contributed by atoms with Crippen molar-refractivity contribution >= 4 is 23.2 Å². The van der Waals surface area contributed by atoms with E-state index in [-0.39, 0.29) is 0 Å². The van der Waals surface area contributed by atoms with E-state index < -0.39 is 0 Å². The average Bonchev–Trinajstić information content (AvgIpc) is 2.08. The van der Waals surface area contributed by atoms with Gasteiger partial charge < -0.3 is 0 Å². The van der Waals surface area contributed by atoms with Crippen molar-refractivity contribution in [2.75, 3.05) is 0 Å². The zero-order valence-electron chi connectivity index (χ0n) is 6.57. The van der Waals surface area contributed by atoms with Crippen molar-refractivity contribution in [2.45, 2.75) is 6.92 Å². The molecule has 1 rings (SSSR count). The molecule has 0 spiro atoms. The highest BCUT2D eigenvalue weighted by Gasteiger charge is 2.07. The average molecular weight is 198 g/mol. The van der Waals surface area contributed by atoms with Crippen LogP contribution in [0.25, 0.3) is 0 Å². The standard InChI is InChI=1S/C10H7Cl2/c1-3-7(2)9-6-8(11)4-5-10(9)12/h1,4-6H,2H3. The van der Waals surface area contributed by atoms with Crippen LogP contribution in [0.2, 0.25) is 10.0 Å². The first-order valence-corrected chi connectivity index (χ1v) is 4.16. The Morgan fingerprint density at radius 3 is 2.67 bits per heavy atom. The van der Waals surface area contributed by atoms with Crippen LogP contribution in [0.3, 0.4) is 0 Å². The molecule has 2 heteroatoms. The molecule has 12 heavy (non-hydrogen) atoms. The van der Waals surface area contributed by atoms with Crippen LogP contribution in [0.15, 0.2) is 18.2 Å². The molecule has 0 heterocycles. The lowest BCUT2D eigenvalue weighted by atomic mass is 10.0. The Morgan fingerprint density at radius 2 is 2.08 bits per heavy atom. The Labute approximate surface area is 82.5 Å². The fraction of sp³-hybridized carbons (Fsp3) is 0.100. The van der Waals surface area contributed by atoms with Crippen LogP contribution in [-0.4, -0.2) is 0 Å². The molecule has 0 fully saturated rings. The number of rotatable bonds is 1. The first-order chi connectivity index (χ1) is 5.65. The second kappa shape index (κ2) is 3.85. The molecule has 0 saturated carbocycles. The Morgan fingerprint density at radius 1 is 1.42 bits per heavy atom. The van der Waals surface area contributed by atoms with E-state index in [1.54, 1.807) is 18.2 Å². The molecule has 0 aliphatic heterocycles. The monoisotopic (exact) mass is 197 g/mol. The lowest BCUT2D eigenvalue weighted by Crippen LogP contribution is -1.91. The van der Waals surface area contributed by atoms with Gasteiger partial charge in [-0.2, -0.15) is 0 Å². The summed E-state index contributed by atoms with van der Waals surface area (Å²) in [5, 5.41) is 1.28. The first kappa shape index (κ1) is 9.45. The minimum atomic E-state index is 0.634. The molecule has 0 nitrogen and oxygen atoms in total. The highest BCUT2D eigenvalue weighted by Crippen LogP contribution is 2.26. The minimum absolute atomic E-state index is 0.634. The van der Waals surface area contributed by atoms with Gasteiger partial charge in [0.1, 0.15) is 0 Å². The van der Waals surface area contributed by atoms with Crippen molar-refractivity contribution in [3.05, 3.63) is 39.7 Å². The molecule has 0 saturated heterocycles. The summed E-state index contributed by atoms with van der Waals surface area (Å²) >= 11 is 11.7. The quantitative estimate of drug-likeness (QED) is 0.605. The molecule has 0 bridgehead atoms. The lowest BCUT2D eigenvalue weighted by molar-refractivity contribution is 1.29. The van der Waals surface area contributed by atoms with Crippen LogP contribution >= 0.6 is 23.2 Å². The van der Waals surface area contributed by atoms with Crippen molar-refractivity contribution < 1.29 is 0 Å². The van der Waals surface area contributed by atoms with E-state index >= 15 is 0 Å². The topological polar surface area (TPSA) is 0 Å². The van der Waals surface area contributed by atoms with Gasteiger partial charge in [-0.25, -0.2) is 0 Å². The van der Waals surface area contributed by atoms with Crippen LogP contribution in [0.4, 0.5) is 0 Å². The van der Waals surface area contributed by atoms with Gasteiger partial charge in [0.25, 0.3) is 0 Å². The Bertz CT molecular complexity index is 323. The summed E-state index contributed by atoms with van der Waals surface area (Å²) in [6, 6.07) is 5.23. The number of hydrogen-bond donors (Lipinski definition) is 0. The van der Waals surface area contributed by atoms with Gasteiger partial charge in [-0.3, -0.25) is 0 Å². The van der Waals surface area contributed by atoms with Gasteiger partial charge in [0.15, 0.2) is 0 Å². The van der Waals surface area contributed by atoms with Crippen molar-refractivity contribution in [3.63, 3.8) is 0 Å². The summed E-state index contributed by atoms with van der Waals surface area (Å²) in [5.74, 6) is 3.32. The Kier molecular flexibility index (Phi) is 3.03. The third-order valence-corrected chi connectivity index (χ3v) is 2.11. The number of terminal acetylenes is 1. The second-order valence-corrected chi connectivity index (χ2v) is 3.24. The van der Waals surface area contributed by atoms with Gasteiger partial charge in [-0.1, -0.05) is 29.1 Å². The van der Waals surface area contributed by atoms with Crippen LogP contribution in [0.1, 0.15) is 12.5 Å². The number of hydrogen-bond acceptors (Lipinski definition) is 0. The van der Waals surface area contributed by atoms with Crippen molar-refractivity contribution in [1.82, 2.24) is 0 Å². The van der Waals surface area contributed by atoms with Crippen molar-refractivity contribution in [3.8, 4) is 12.3 Å². The molecule has 0 aliphatic carbocycles. The highest BCUT2D eigenvalue weighted by atomic mass is 35.5. The Hall–Kier alpha value is -0.640. The van der Waals surface area contributed by atoms with E-state index in [2.05, 4.69) is 5.92 Å². The predicted octanol–water partition coefficient (Wildman–Crippen LogP) is 3.57. The maximum absolute atomic E-state index is 5.89. The van der Waals surface area contributed by atoms with Crippen molar-refractivity contribution in [2.24, 2.45) is 0 Å². The smallest absolute Gasteiger partial charge is 0.0750 e. The molecule has 0 unspecified atom stereocenters. The minimum Gasteiger partial charge on any atom is -0.119 e. The lowest BCUT2D eigenvalue weighted by Gasteiger charge is -2.05. The number of halogens is 2. The fourth-order valence-corrected chi connectivity index (χ4v) is 1.29. The summed E-state index contributed by atoms with van der Waals surface area (Å²) in [5.41, 5.74) is 0.826. The summed E-state index contributed by atoms with van der Waals surface area (Å²) in [7, 11) is 0. The van der Waals surface area contributed by atoms with Gasteiger partial charge in [-0.05, 0) is 30.7 Å². The van der Waals surface area contributed by atoms with Crippen molar-refractivity contribution in [1.29, 1.82) is 0 Å². The van der Waals surface area contributed by atoms with E-state index in [0.29, 0.717) is 10.0 Å². The van der Waals surface area contributed by atoms with Crippen LogP contribution in [0.5, 0.6) is 0 Å². The molecule has 0 atom stereocenters. The van der Waals surface area contributed by atoms with Gasteiger partial charge in [-0.15, -0.1) is 6.42 Å². The molecule has 0 aliphatic rings. The van der Waals surface area contributed by atoms with E-state index in [1.807, 2.05) is 6.92 Å². The van der Waals surface area contributed by atoms with Crippen LogP contribution in [0, 0.1) is 18.3 Å². The summed E-state index contributed by atoms with van der Waals surface area (Å²) in [4.78, 5) is 0. The molecule has 1 aromatic rings. The van der Waals surface area contributed by atoms with E-state index in [9.17, 15) is 0 Å². The molecule has 0 aromatic heterocycles. The molecule has 1 aromatic carbocycles. The van der Waals surface area contributed by atoms with E-state index in [1.165, 1.54) is 0 Å². The number of benzene rings is 1. The maximum Gasteiger partial charge on any atom is 0.0750 e. The van der Waals surface area contributed by atoms with E-state index in [4.69, 9.17) is 29.6 Å². The maximum atomic E-state index is 5.89. The summed E-state index contributed by atoms with van der Waals surface area (Å²) in [6.45, 7) is 1.83. The Balaban J connectivity index is 3.15. The van der Waals surface area contributed by atoms with Crippen LogP contribution in [-0.2, 0) is 0 Å². The van der Waals surface area contributed by atoms with Gasteiger partial charge in [0.2, 0.25) is 0 Å². The summed E-state index contributed by atoms with van der Waals surface area (Å²) < 4.78 is 0. The zero-order chi connectivity index (χ0) is 9.14. The molecular weight excluding hydrogens is 191 g/mol. The third kappa shape index (κ3) is 1.94. The largest absolute Gasteiger partial charge is 0.119 e. The molecule has 0 N–H and O–H groups in total. The first-order valence-electron chi connectivity index (χ1n) is 3.40. The molecule has 61 valence electrons. The zero-order valence-corrected chi connectivity index (χ0v) is 8.08. The summed E-state index contributed by atoms with van der Waals surface area (Å²) in [6.07, 6.45) is 5.23. The molecular formula is C10H7Cl2. The van der Waals surface area contributed by atoms with Crippen LogP contribution < -0.4 is 0 Å². The fourth-order valence-electron chi connectivity index (χ4n) is 0.863. The molecule has 1 radical (unpaired) electrons. The predicted molar refractivity (Wildman–Crippen MR) is 53.3 cm³/mol. The van der Waals surface area contributed by atoms with E-state index in [0.717, 1.165) is 11.5 Å². The second-order valence-electron chi connectivity index (χ2n) is 2.39. The molecule has 0 amide bonds. The van der Waals surface area contributed by atoms with Gasteiger partial charge in [0.05, 0.1) is 5.92 Å². The van der Waals surface area contributed by atoms with Gasteiger partial charge in [0, 0.05) is 10.0 Å². The van der Waals surface area contributed by atoms with Gasteiger partial charge >= 0.3 is 0 Å².